The van der Waals surface area contributed by atoms with Crippen LogP contribution >= 0.6 is 0 Å². The second-order valence-electron chi connectivity index (χ2n) is 8.09. The molecule has 7 nitrogen and oxygen atoms in total. The monoisotopic (exact) mass is 495 g/mol. The minimum Gasteiger partial charge on any atom is -0.357 e. The SMILES string of the molecule is CC[C@@H](C(=O)NC)N(Cc1cccc(C)c1)C(=O)CCCN(c1ccc(F)c(F)c1)S(C)(=O)=O. The molecule has 0 radical (unpaired) electrons. The maximum absolute atomic E-state index is 13.7. The van der Waals surface area contributed by atoms with Gasteiger partial charge in [-0.25, -0.2) is 17.2 Å². The average Bonchev–Trinajstić information content (AvgIpc) is 2.77. The lowest BCUT2D eigenvalue weighted by atomic mass is 10.1. The van der Waals surface area contributed by atoms with Crippen molar-refractivity contribution in [2.24, 2.45) is 0 Å². The molecule has 2 rings (SSSR count). The first-order valence-corrected chi connectivity index (χ1v) is 12.8. The van der Waals surface area contributed by atoms with Gasteiger partial charge in [0.15, 0.2) is 11.6 Å². The predicted octanol–water partition coefficient (Wildman–Crippen LogP) is 3.37. The number of nitrogens with one attached hydrogen (secondary N) is 1. The molecule has 0 aliphatic rings. The molecule has 186 valence electrons. The van der Waals surface area contributed by atoms with Gasteiger partial charge in [0.05, 0.1) is 11.9 Å². The van der Waals surface area contributed by atoms with Gasteiger partial charge in [0.2, 0.25) is 21.8 Å². The zero-order valence-corrected chi connectivity index (χ0v) is 20.7. The number of benzene rings is 2. The van der Waals surface area contributed by atoms with Crippen molar-refractivity contribution >= 4 is 27.5 Å². The number of sulfonamides is 1. The van der Waals surface area contributed by atoms with Crippen molar-refractivity contribution < 1.29 is 26.8 Å². The number of nitrogens with zero attached hydrogens (tertiary/aromatic N) is 2. The number of anilines is 1. The first-order valence-electron chi connectivity index (χ1n) is 11.0. The molecule has 0 fully saturated rings. The number of likely N-dealkylation sites (N-methyl/N-ethyl adjacent to an activating group) is 1. The van der Waals surface area contributed by atoms with E-state index in [-0.39, 0.29) is 43.4 Å². The molecular formula is C24H31F2N3O4S. The first kappa shape index (κ1) is 27.2. The highest BCUT2D eigenvalue weighted by Gasteiger charge is 2.28. The van der Waals surface area contributed by atoms with Crippen molar-refractivity contribution in [3.63, 3.8) is 0 Å². The van der Waals surface area contributed by atoms with Crippen molar-refractivity contribution in [3.8, 4) is 0 Å². The van der Waals surface area contributed by atoms with Crippen LogP contribution in [0, 0.1) is 18.6 Å². The van der Waals surface area contributed by atoms with Gasteiger partial charge in [-0.15, -0.1) is 0 Å². The van der Waals surface area contributed by atoms with E-state index in [0.29, 0.717) is 6.42 Å². The zero-order valence-electron chi connectivity index (χ0n) is 19.8. The average molecular weight is 496 g/mol. The van der Waals surface area contributed by atoms with E-state index in [4.69, 9.17) is 0 Å². The van der Waals surface area contributed by atoms with Crippen LogP contribution in [0.4, 0.5) is 14.5 Å². The van der Waals surface area contributed by atoms with Crippen molar-refractivity contribution in [1.82, 2.24) is 10.2 Å². The fraction of sp³-hybridized carbons (Fsp3) is 0.417. The zero-order chi connectivity index (χ0) is 25.5. The Balaban J connectivity index is 2.20. The number of carbonyl (C=O) groups excluding carboxylic acids is 2. The van der Waals surface area contributed by atoms with E-state index in [1.54, 1.807) is 0 Å². The van der Waals surface area contributed by atoms with E-state index in [9.17, 15) is 26.8 Å². The molecule has 0 bridgehead atoms. The van der Waals surface area contributed by atoms with Crippen LogP contribution in [0.3, 0.4) is 0 Å². The van der Waals surface area contributed by atoms with Crippen LogP contribution in [-0.4, -0.2) is 51.0 Å². The maximum Gasteiger partial charge on any atom is 0.242 e. The Kier molecular flexibility index (Phi) is 9.55. The van der Waals surface area contributed by atoms with Gasteiger partial charge < -0.3 is 10.2 Å². The summed E-state index contributed by atoms with van der Waals surface area (Å²) in [4.78, 5) is 27.1. The molecule has 0 saturated heterocycles. The summed E-state index contributed by atoms with van der Waals surface area (Å²) in [6.45, 7) is 3.87. The molecular weight excluding hydrogens is 464 g/mol. The van der Waals surface area contributed by atoms with Crippen molar-refractivity contribution in [3.05, 3.63) is 65.2 Å². The van der Waals surface area contributed by atoms with Crippen LogP contribution in [0.5, 0.6) is 0 Å². The minimum atomic E-state index is -3.80. The maximum atomic E-state index is 13.7. The Morgan fingerprint density at radius 1 is 1.09 bits per heavy atom. The number of hydrogen-bond donors (Lipinski definition) is 1. The molecule has 34 heavy (non-hydrogen) atoms. The standard InChI is InChI=1S/C24H31F2N3O4S/c1-5-22(24(31)27-3)28(16-18-9-6-8-17(2)14-18)23(30)10-7-13-29(34(4,32)33)19-11-12-20(25)21(26)15-19/h6,8-9,11-12,14-15,22H,5,7,10,13,16H2,1-4H3,(H,27,31)/t22-/m0/s1. The largest absolute Gasteiger partial charge is 0.357 e. The van der Waals surface area contributed by atoms with Gasteiger partial charge in [-0.1, -0.05) is 36.8 Å². The van der Waals surface area contributed by atoms with Crippen LogP contribution in [0.2, 0.25) is 0 Å². The molecule has 0 unspecified atom stereocenters. The lowest BCUT2D eigenvalue weighted by molar-refractivity contribution is -0.141. The summed E-state index contributed by atoms with van der Waals surface area (Å²) < 4.78 is 52.4. The highest BCUT2D eigenvalue weighted by atomic mass is 32.2. The molecule has 0 aliphatic heterocycles. The van der Waals surface area contributed by atoms with E-state index < -0.39 is 27.7 Å². The Bertz CT molecular complexity index is 1120. The van der Waals surface area contributed by atoms with E-state index in [2.05, 4.69) is 5.32 Å². The van der Waals surface area contributed by atoms with Crippen LogP contribution < -0.4 is 9.62 Å². The molecule has 2 aromatic carbocycles. The lowest BCUT2D eigenvalue weighted by Gasteiger charge is -2.31. The van der Waals surface area contributed by atoms with Crippen LogP contribution in [-0.2, 0) is 26.2 Å². The van der Waals surface area contributed by atoms with E-state index in [0.717, 1.165) is 33.8 Å². The van der Waals surface area contributed by atoms with Gasteiger partial charge in [0.1, 0.15) is 6.04 Å². The van der Waals surface area contributed by atoms with E-state index in [1.807, 2.05) is 38.1 Å². The summed E-state index contributed by atoms with van der Waals surface area (Å²) >= 11 is 0. The highest BCUT2D eigenvalue weighted by Crippen LogP contribution is 2.22. The minimum absolute atomic E-state index is 0.0257. The van der Waals surface area contributed by atoms with Gasteiger partial charge in [-0.2, -0.15) is 0 Å². The molecule has 0 heterocycles. The number of hydrogen-bond acceptors (Lipinski definition) is 4. The second-order valence-corrected chi connectivity index (χ2v) is 9.99. The normalized spacial score (nSPS) is 12.2. The van der Waals surface area contributed by atoms with Crippen molar-refractivity contribution in [2.75, 3.05) is 24.2 Å². The van der Waals surface area contributed by atoms with E-state index in [1.165, 1.54) is 18.0 Å². The third kappa shape index (κ3) is 7.24. The second kappa shape index (κ2) is 11.9. The summed E-state index contributed by atoms with van der Waals surface area (Å²) in [6.07, 6.45) is 1.45. The summed E-state index contributed by atoms with van der Waals surface area (Å²) in [5.41, 5.74) is 1.87. The summed E-state index contributed by atoms with van der Waals surface area (Å²) in [7, 11) is -2.30. The molecule has 10 heteroatoms. The van der Waals surface area contributed by atoms with Gasteiger partial charge in [-0.3, -0.25) is 13.9 Å². The molecule has 0 saturated carbocycles. The number of rotatable bonds is 11. The summed E-state index contributed by atoms with van der Waals surface area (Å²) in [5, 5.41) is 2.59. The van der Waals surface area contributed by atoms with Crippen molar-refractivity contribution in [2.45, 2.75) is 45.7 Å². The number of halogens is 2. The Morgan fingerprint density at radius 3 is 2.35 bits per heavy atom. The van der Waals surface area contributed by atoms with Crippen LogP contribution in [0.25, 0.3) is 0 Å². The molecule has 0 spiro atoms. The van der Waals surface area contributed by atoms with Crippen LogP contribution in [0.15, 0.2) is 42.5 Å². The smallest absolute Gasteiger partial charge is 0.242 e. The number of aryl methyl sites for hydroxylation is 1. The van der Waals surface area contributed by atoms with Crippen LogP contribution in [0.1, 0.15) is 37.3 Å². The topological polar surface area (TPSA) is 86.8 Å². The summed E-state index contributed by atoms with van der Waals surface area (Å²) in [6, 6.07) is 9.76. The summed E-state index contributed by atoms with van der Waals surface area (Å²) in [5.74, 6) is -2.85. The number of carbonyl (C=O) groups is 2. The molecule has 1 atom stereocenters. The van der Waals surface area contributed by atoms with Crippen molar-refractivity contribution in [1.29, 1.82) is 0 Å². The quantitative estimate of drug-likeness (QED) is 0.518. The molecule has 2 aromatic rings. The first-order chi connectivity index (χ1) is 16.0. The molecule has 2 amide bonds. The van der Waals surface area contributed by atoms with Gasteiger partial charge in [-0.05, 0) is 37.5 Å². The Labute approximate surface area is 199 Å². The fourth-order valence-corrected chi connectivity index (χ4v) is 4.69. The number of amides is 2. The predicted molar refractivity (Wildman–Crippen MR) is 128 cm³/mol. The lowest BCUT2D eigenvalue weighted by Crippen LogP contribution is -2.48. The van der Waals surface area contributed by atoms with Gasteiger partial charge >= 0.3 is 0 Å². The fourth-order valence-electron chi connectivity index (χ4n) is 3.74. The molecule has 0 aromatic heterocycles. The van der Waals surface area contributed by atoms with Gasteiger partial charge in [0, 0.05) is 32.6 Å². The highest BCUT2D eigenvalue weighted by molar-refractivity contribution is 7.92. The third-order valence-corrected chi connectivity index (χ3v) is 6.61. The Morgan fingerprint density at radius 2 is 1.79 bits per heavy atom. The third-order valence-electron chi connectivity index (χ3n) is 5.41. The Hall–Kier alpha value is -3.01. The molecule has 0 aliphatic carbocycles. The van der Waals surface area contributed by atoms with E-state index >= 15 is 0 Å². The molecule has 1 N–H and O–H groups in total. The van der Waals surface area contributed by atoms with Gasteiger partial charge in [0.25, 0.3) is 0 Å².